The van der Waals surface area contributed by atoms with Crippen LogP contribution in [-0.4, -0.2) is 32.4 Å². The molecule has 5 nitrogen and oxygen atoms in total. The maximum atomic E-state index is 13.3. The van der Waals surface area contributed by atoms with Crippen LogP contribution in [0.5, 0.6) is 0 Å². The third kappa shape index (κ3) is 3.72. The monoisotopic (exact) mass is 421 g/mol. The number of thiocarbonyl (C=S) groups is 1. The molecule has 2 fully saturated rings. The first-order valence-corrected chi connectivity index (χ1v) is 10.9. The van der Waals surface area contributed by atoms with Gasteiger partial charge in [0.1, 0.15) is 5.57 Å². The van der Waals surface area contributed by atoms with Crippen LogP contribution in [0.2, 0.25) is 0 Å². The molecule has 30 heavy (non-hydrogen) atoms. The number of amides is 2. The van der Waals surface area contributed by atoms with Crippen LogP contribution >= 0.6 is 12.2 Å². The fraction of sp³-hybridized carbons (Fsp3) is 0.375. The zero-order chi connectivity index (χ0) is 21.4. The predicted octanol–water partition coefficient (Wildman–Crippen LogP) is 4.36. The second-order valence-corrected chi connectivity index (χ2v) is 8.67. The van der Waals surface area contributed by atoms with Crippen molar-refractivity contribution in [3.63, 3.8) is 0 Å². The molecule has 1 aliphatic carbocycles. The highest BCUT2D eigenvalue weighted by Gasteiger charge is 2.38. The molecule has 0 atom stereocenters. The van der Waals surface area contributed by atoms with Gasteiger partial charge >= 0.3 is 0 Å². The van der Waals surface area contributed by atoms with Gasteiger partial charge in [-0.25, -0.2) is 0 Å². The summed E-state index contributed by atoms with van der Waals surface area (Å²) in [4.78, 5) is 27.5. The summed E-state index contributed by atoms with van der Waals surface area (Å²) in [7, 11) is 0. The van der Waals surface area contributed by atoms with Crippen molar-refractivity contribution >= 4 is 35.2 Å². The molecule has 2 heterocycles. The van der Waals surface area contributed by atoms with Crippen LogP contribution in [0.25, 0.3) is 11.8 Å². The highest BCUT2D eigenvalue weighted by Crippen LogP contribution is 2.28. The smallest absolute Gasteiger partial charge is 0.265 e. The molecular weight excluding hydrogens is 394 g/mol. The number of nitrogens with zero attached hydrogens (tertiary/aromatic N) is 2. The van der Waals surface area contributed by atoms with Crippen LogP contribution in [0.15, 0.2) is 35.9 Å². The van der Waals surface area contributed by atoms with Crippen LogP contribution in [-0.2, 0) is 9.59 Å². The summed E-state index contributed by atoms with van der Waals surface area (Å²) in [5.74, 6) is -0.701. The van der Waals surface area contributed by atoms with Gasteiger partial charge < -0.3 is 4.57 Å². The van der Waals surface area contributed by atoms with Crippen molar-refractivity contribution in [3.8, 4) is 5.69 Å². The lowest BCUT2D eigenvalue weighted by molar-refractivity contribution is -0.130. The van der Waals surface area contributed by atoms with Crippen molar-refractivity contribution in [2.75, 3.05) is 0 Å². The van der Waals surface area contributed by atoms with Crippen LogP contribution in [0.1, 0.15) is 54.6 Å². The second kappa shape index (κ2) is 8.19. The summed E-state index contributed by atoms with van der Waals surface area (Å²) >= 11 is 5.35. The molecule has 1 N–H and O–H groups in total. The molecule has 1 aliphatic heterocycles. The molecule has 0 spiro atoms. The Morgan fingerprint density at radius 1 is 1.03 bits per heavy atom. The molecule has 2 aliphatic rings. The van der Waals surface area contributed by atoms with Crippen molar-refractivity contribution < 1.29 is 9.59 Å². The molecule has 2 amide bonds. The number of carbonyl (C=O) groups is 2. The van der Waals surface area contributed by atoms with E-state index >= 15 is 0 Å². The van der Waals surface area contributed by atoms with Crippen molar-refractivity contribution in [2.45, 2.75) is 58.9 Å². The maximum absolute atomic E-state index is 13.3. The minimum absolute atomic E-state index is 0.0720. The zero-order valence-corrected chi connectivity index (χ0v) is 18.5. The first-order chi connectivity index (χ1) is 14.4. The molecule has 0 unspecified atom stereocenters. The number of aromatic nitrogens is 1. The van der Waals surface area contributed by atoms with Gasteiger partial charge in [0.25, 0.3) is 11.8 Å². The van der Waals surface area contributed by atoms with Gasteiger partial charge in [0.2, 0.25) is 0 Å². The molecular formula is C24H27N3O2S. The average Bonchev–Trinajstić information content (AvgIpc) is 3.00. The molecule has 1 saturated carbocycles. The topological polar surface area (TPSA) is 54.3 Å². The number of nitrogens with one attached hydrogen (secondary N) is 1. The van der Waals surface area contributed by atoms with E-state index < -0.39 is 5.91 Å². The van der Waals surface area contributed by atoms with Crippen LogP contribution < -0.4 is 5.32 Å². The van der Waals surface area contributed by atoms with Crippen molar-refractivity contribution in [2.24, 2.45) is 0 Å². The van der Waals surface area contributed by atoms with Gasteiger partial charge in [-0.3, -0.25) is 19.8 Å². The van der Waals surface area contributed by atoms with Gasteiger partial charge in [-0.05, 0) is 75.7 Å². The van der Waals surface area contributed by atoms with E-state index in [1.165, 1.54) is 12.0 Å². The minimum atomic E-state index is -0.419. The van der Waals surface area contributed by atoms with E-state index in [0.717, 1.165) is 48.3 Å². The summed E-state index contributed by atoms with van der Waals surface area (Å²) in [5, 5.41) is 2.96. The molecule has 1 saturated heterocycles. The molecule has 4 rings (SSSR count). The second-order valence-electron chi connectivity index (χ2n) is 8.28. The van der Waals surface area contributed by atoms with Gasteiger partial charge in [0.05, 0.1) is 0 Å². The first-order valence-electron chi connectivity index (χ1n) is 10.5. The highest BCUT2D eigenvalue weighted by atomic mass is 32.1. The lowest BCUT2D eigenvalue weighted by atomic mass is 9.93. The van der Waals surface area contributed by atoms with E-state index in [9.17, 15) is 9.59 Å². The average molecular weight is 422 g/mol. The minimum Gasteiger partial charge on any atom is -0.318 e. The molecule has 0 bridgehead atoms. The van der Waals surface area contributed by atoms with E-state index in [2.05, 4.69) is 41.1 Å². The Morgan fingerprint density at radius 2 is 1.70 bits per heavy atom. The molecule has 156 valence electrons. The lowest BCUT2D eigenvalue weighted by Crippen LogP contribution is -2.57. The molecule has 6 heteroatoms. The van der Waals surface area contributed by atoms with Crippen LogP contribution in [0.3, 0.4) is 0 Å². The maximum Gasteiger partial charge on any atom is 0.265 e. The zero-order valence-electron chi connectivity index (χ0n) is 17.7. The van der Waals surface area contributed by atoms with Gasteiger partial charge in [-0.2, -0.15) is 0 Å². The van der Waals surface area contributed by atoms with Gasteiger partial charge in [-0.15, -0.1) is 0 Å². The van der Waals surface area contributed by atoms with E-state index in [1.807, 2.05) is 19.9 Å². The van der Waals surface area contributed by atoms with E-state index in [-0.39, 0.29) is 22.6 Å². The Hall–Kier alpha value is -2.73. The van der Waals surface area contributed by atoms with Crippen LogP contribution in [0.4, 0.5) is 0 Å². The summed E-state index contributed by atoms with van der Waals surface area (Å²) in [6.45, 7) is 6.10. The number of hydrogen-bond acceptors (Lipinski definition) is 3. The van der Waals surface area contributed by atoms with Crippen molar-refractivity contribution in [3.05, 3.63) is 58.4 Å². The Morgan fingerprint density at radius 3 is 2.37 bits per heavy atom. The van der Waals surface area contributed by atoms with Crippen molar-refractivity contribution in [1.29, 1.82) is 0 Å². The standard InChI is InChI=1S/C24H27N3O2S/c1-15-9-11-20(12-10-15)26-16(2)13-18(17(26)3)14-21-22(28)25-24(30)27(23(21)29)19-7-5-4-6-8-19/h9-14,19H,4-8H2,1-3H3,(H,25,28,30). The molecule has 1 aromatic carbocycles. The summed E-state index contributed by atoms with van der Waals surface area (Å²) in [5.41, 5.74) is 5.31. The Kier molecular flexibility index (Phi) is 5.60. The summed E-state index contributed by atoms with van der Waals surface area (Å²) in [6.07, 6.45) is 6.92. The van der Waals surface area contributed by atoms with E-state index in [1.54, 1.807) is 11.0 Å². The highest BCUT2D eigenvalue weighted by molar-refractivity contribution is 7.80. The van der Waals surface area contributed by atoms with Crippen molar-refractivity contribution in [1.82, 2.24) is 14.8 Å². The number of carbonyl (C=O) groups excluding carboxylic acids is 2. The normalized spacial score (nSPS) is 19.5. The Bertz CT molecular complexity index is 1040. The number of hydrogen-bond donors (Lipinski definition) is 1. The third-order valence-corrected chi connectivity index (χ3v) is 6.43. The fourth-order valence-corrected chi connectivity index (χ4v) is 4.85. The Balaban J connectivity index is 1.70. The van der Waals surface area contributed by atoms with E-state index in [0.29, 0.717) is 0 Å². The predicted molar refractivity (Wildman–Crippen MR) is 122 cm³/mol. The van der Waals surface area contributed by atoms with Gasteiger partial charge in [-0.1, -0.05) is 37.0 Å². The quantitative estimate of drug-likeness (QED) is 0.455. The molecule has 1 aromatic heterocycles. The van der Waals surface area contributed by atoms with Crippen LogP contribution in [0, 0.1) is 20.8 Å². The number of benzene rings is 1. The SMILES string of the molecule is Cc1ccc(-n2c(C)cc(C=C3C(=O)NC(=S)N(C4CCCCC4)C3=O)c2C)cc1. The summed E-state index contributed by atoms with van der Waals surface area (Å²) in [6, 6.07) is 10.4. The molecule has 0 radical (unpaired) electrons. The number of aryl methyl sites for hydroxylation is 2. The first kappa shape index (κ1) is 20.5. The molecule has 2 aromatic rings. The van der Waals surface area contributed by atoms with Gasteiger partial charge in [0.15, 0.2) is 5.11 Å². The largest absolute Gasteiger partial charge is 0.318 e. The Labute approximate surface area is 182 Å². The third-order valence-electron chi connectivity index (χ3n) is 6.14. The van der Waals surface area contributed by atoms with E-state index in [4.69, 9.17) is 12.2 Å². The summed E-state index contributed by atoms with van der Waals surface area (Å²) < 4.78 is 2.14. The lowest BCUT2D eigenvalue weighted by Gasteiger charge is -2.37. The fourth-order valence-electron chi connectivity index (χ4n) is 4.52. The van der Waals surface area contributed by atoms with Gasteiger partial charge in [0, 0.05) is 23.1 Å². The number of rotatable bonds is 3.